The smallest absolute Gasteiger partial charge is 0.0642 e. The van der Waals surface area contributed by atoms with Gasteiger partial charge < -0.3 is 15.4 Å². The topological polar surface area (TPSA) is 38.5 Å². The lowest BCUT2D eigenvalue weighted by atomic mass is 10.1. The van der Waals surface area contributed by atoms with Crippen LogP contribution in [0.3, 0.4) is 0 Å². The quantitative estimate of drug-likeness (QED) is 0.894. The lowest BCUT2D eigenvalue weighted by molar-refractivity contribution is 0.122. The summed E-state index contributed by atoms with van der Waals surface area (Å²) in [6, 6.07) is 6.12. The Labute approximate surface area is 107 Å². The molecule has 0 aliphatic carbocycles. The maximum absolute atomic E-state index is 6.06. The molecule has 2 rings (SSSR count). The van der Waals surface area contributed by atoms with E-state index >= 15 is 0 Å². The number of benzene rings is 1. The maximum atomic E-state index is 6.06. The minimum atomic E-state index is 0.717. The summed E-state index contributed by atoms with van der Waals surface area (Å²) in [5.41, 5.74) is 8.16. The minimum Gasteiger partial charge on any atom is -0.378 e. The van der Waals surface area contributed by atoms with E-state index in [0.29, 0.717) is 0 Å². The van der Waals surface area contributed by atoms with E-state index in [1.807, 2.05) is 6.07 Å². The molecule has 0 radical (unpaired) electrons. The lowest BCUT2D eigenvalue weighted by Gasteiger charge is -2.30. The Morgan fingerprint density at radius 1 is 1.29 bits per heavy atom. The van der Waals surface area contributed by atoms with E-state index in [1.165, 1.54) is 11.3 Å². The molecule has 17 heavy (non-hydrogen) atoms. The van der Waals surface area contributed by atoms with E-state index in [9.17, 15) is 0 Å². The van der Waals surface area contributed by atoms with E-state index in [2.05, 4.69) is 17.0 Å². The third-order valence-electron chi connectivity index (χ3n) is 3.04. The first-order chi connectivity index (χ1) is 8.31. The summed E-state index contributed by atoms with van der Waals surface area (Å²) < 4.78 is 5.38. The monoisotopic (exact) mass is 254 g/mol. The van der Waals surface area contributed by atoms with Crippen LogP contribution in [0.5, 0.6) is 0 Å². The van der Waals surface area contributed by atoms with Crippen molar-refractivity contribution in [2.75, 3.05) is 37.7 Å². The highest BCUT2D eigenvalue weighted by atomic mass is 35.5. The predicted octanol–water partition coefficient (Wildman–Crippen LogP) is 2.07. The van der Waals surface area contributed by atoms with Crippen molar-refractivity contribution in [3.8, 4) is 0 Å². The molecule has 1 aromatic rings. The number of aryl methyl sites for hydroxylation is 1. The minimum absolute atomic E-state index is 0.717. The van der Waals surface area contributed by atoms with Crippen LogP contribution in [0.1, 0.15) is 12.0 Å². The molecule has 94 valence electrons. The molecule has 1 aliphatic heterocycles. The average Bonchev–Trinajstić information content (AvgIpc) is 2.37. The Morgan fingerprint density at radius 2 is 2.06 bits per heavy atom. The normalized spacial score (nSPS) is 16.2. The fraction of sp³-hybridized carbons (Fsp3) is 0.538. The summed E-state index contributed by atoms with van der Waals surface area (Å²) in [6.45, 7) is 4.24. The Bertz CT molecular complexity index is 364. The second-order valence-corrected chi connectivity index (χ2v) is 4.70. The van der Waals surface area contributed by atoms with Crippen molar-refractivity contribution in [2.24, 2.45) is 5.73 Å². The van der Waals surface area contributed by atoms with Crippen molar-refractivity contribution in [3.05, 3.63) is 28.8 Å². The number of rotatable bonds is 4. The average molecular weight is 255 g/mol. The Morgan fingerprint density at radius 3 is 2.76 bits per heavy atom. The molecular weight excluding hydrogens is 236 g/mol. The number of hydrogen-bond acceptors (Lipinski definition) is 3. The van der Waals surface area contributed by atoms with Gasteiger partial charge in [-0.05, 0) is 43.1 Å². The van der Waals surface area contributed by atoms with Gasteiger partial charge in [-0.2, -0.15) is 0 Å². The molecule has 2 N–H and O–H groups in total. The van der Waals surface area contributed by atoms with Crippen LogP contribution in [0, 0.1) is 0 Å². The fourth-order valence-corrected chi connectivity index (χ4v) is 2.35. The molecule has 0 bridgehead atoms. The standard InChI is InChI=1S/C13H19ClN2O/c14-12-3-4-13(11(10-12)2-1-5-15)16-6-8-17-9-7-16/h3-4,10H,1-2,5-9,15H2. The van der Waals surface area contributed by atoms with Crippen LogP contribution < -0.4 is 10.6 Å². The van der Waals surface area contributed by atoms with Crippen molar-refractivity contribution in [1.29, 1.82) is 0 Å². The summed E-state index contributed by atoms with van der Waals surface area (Å²) in [6.07, 6.45) is 1.99. The molecule has 1 saturated heterocycles. The van der Waals surface area contributed by atoms with Crippen molar-refractivity contribution >= 4 is 17.3 Å². The summed E-state index contributed by atoms with van der Waals surface area (Å²) >= 11 is 6.06. The van der Waals surface area contributed by atoms with Gasteiger partial charge in [-0.1, -0.05) is 11.6 Å². The molecule has 1 aliphatic rings. The highest BCUT2D eigenvalue weighted by Crippen LogP contribution is 2.26. The molecule has 1 aromatic carbocycles. The van der Waals surface area contributed by atoms with Crippen LogP contribution >= 0.6 is 11.6 Å². The van der Waals surface area contributed by atoms with Crippen molar-refractivity contribution in [1.82, 2.24) is 0 Å². The van der Waals surface area contributed by atoms with Gasteiger partial charge in [0.05, 0.1) is 13.2 Å². The van der Waals surface area contributed by atoms with Crippen LogP contribution in [0.25, 0.3) is 0 Å². The van der Waals surface area contributed by atoms with E-state index < -0.39 is 0 Å². The van der Waals surface area contributed by atoms with E-state index in [4.69, 9.17) is 22.1 Å². The molecule has 0 aromatic heterocycles. The number of morpholine rings is 1. The first kappa shape index (κ1) is 12.7. The van der Waals surface area contributed by atoms with Gasteiger partial charge in [0, 0.05) is 23.8 Å². The van der Waals surface area contributed by atoms with Crippen molar-refractivity contribution in [3.63, 3.8) is 0 Å². The van der Waals surface area contributed by atoms with Gasteiger partial charge in [-0.25, -0.2) is 0 Å². The number of nitrogens with two attached hydrogens (primary N) is 1. The van der Waals surface area contributed by atoms with Gasteiger partial charge in [-0.15, -0.1) is 0 Å². The largest absolute Gasteiger partial charge is 0.378 e. The highest BCUT2D eigenvalue weighted by molar-refractivity contribution is 6.30. The van der Waals surface area contributed by atoms with E-state index in [0.717, 1.165) is 50.7 Å². The molecule has 4 heteroatoms. The number of nitrogens with zero attached hydrogens (tertiary/aromatic N) is 1. The molecule has 1 fully saturated rings. The van der Waals surface area contributed by atoms with Crippen molar-refractivity contribution in [2.45, 2.75) is 12.8 Å². The third-order valence-corrected chi connectivity index (χ3v) is 3.28. The van der Waals surface area contributed by atoms with Gasteiger partial charge in [0.2, 0.25) is 0 Å². The van der Waals surface area contributed by atoms with Crippen molar-refractivity contribution < 1.29 is 4.74 Å². The first-order valence-corrected chi connectivity index (χ1v) is 6.50. The molecule has 0 spiro atoms. The molecule has 0 atom stereocenters. The fourth-order valence-electron chi connectivity index (χ4n) is 2.16. The second kappa shape index (κ2) is 6.24. The molecule has 0 unspecified atom stereocenters. The second-order valence-electron chi connectivity index (χ2n) is 4.26. The Hall–Kier alpha value is -0.770. The van der Waals surface area contributed by atoms with Crippen LogP contribution in [0.2, 0.25) is 5.02 Å². The molecule has 0 saturated carbocycles. The number of hydrogen-bond donors (Lipinski definition) is 1. The lowest BCUT2D eigenvalue weighted by Crippen LogP contribution is -2.36. The molecule has 3 nitrogen and oxygen atoms in total. The van der Waals surface area contributed by atoms with E-state index in [1.54, 1.807) is 0 Å². The highest BCUT2D eigenvalue weighted by Gasteiger charge is 2.14. The molecule has 0 amide bonds. The predicted molar refractivity (Wildman–Crippen MR) is 71.9 cm³/mol. The number of anilines is 1. The van der Waals surface area contributed by atoms with Gasteiger partial charge in [0.1, 0.15) is 0 Å². The van der Waals surface area contributed by atoms with Gasteiger partial charge >= 0.3 is 0 Å². The molecule has 1 heterocycles. The number of halogens is 1. The van der Waals surface area contributed by atoms with Crippen LogP contribution in [0.15, 0.2) is 18.2 Å². The summed E-state index contributed by atoms with van der Waals surface area (Å²) in [7, 11) is 0. The number of ether oxygens (including phenoxy) is 1. The Kier molecular flexibility index (Phi) is 4.66. The first-order valence-electron chi connectivity index (χ1n) is 6.12. The maximum Gasteiger partial charge on any atom is 0.0642 e. The zero-order chi connectivity index (χ0) is 12.1. The zero-order valence-electron chi connectivity index (χ0n) is 9.99. The summed E-state index contributed by atoms with van der Waals surface area (Å²) in [5.74, 6) is 0. The zero-order valence-corrected chi connectivity index (χ0v) is 10.7. The molecular formula is C13H19ClN2O. The summed E-state index contributed by atoms with van der Waals surface area (Å²) in [4.78, 5) is 2.37. The summed E-state index contributed by atoms with van der Waals surface area (Å²) in [5, 5.41) is 0.800. The van der Waals surface area contributed by atoms with Crippen LogP contribution in [-0.4, -0.2) is 32.8 Å². The SMILES string of the molecule is NCCCc1cc(Cl)ccc1N1CCOCC1. The van der Waals surface area contributed by atoms with Gasteiger partial charge in [0.25, 0.3) is 0 Å². The van der Waals surface area contributed by atoms with E-state index in [-0.39, 0.29) is 0 Å². The van der Waals surface area contributed by atoms with Gasteiger partial charge in [0.15, 0.2) is 0 Å². The van der Waals surface area contributed by atoms with Gasteiger partial charge in [-0.3, -0.25) is 0 Å². The van der Waals surface area contributed by atoms with Crippen LogP contribution in [0.4, 0.5) is 5.69 Å². The van der Waals surface area contributed by atoms with Crippen LogP contribution in [-0.2, 0) is 11.2 Å². The Balaban J connectivity index is 2.18. The third kappa shape index (κ3) is 3.35.